The van der Waals surface area contributed by atoms with Gasteiger partial charge in [-0.1, -0.05) is 12.7 Å². The van der Waals surface area contributed by atoms with Crippen LogP contribution in [0.5, 0.6) is 0 Å². The van der Waals surface area contributed by atoms with E-state index in [1.165, 1.54) is 6.92 Å². The van der Waals surface area contributed by atoms with Crippen molar-refractivity contribution >= 4 is 25.4 Å². The topological polar surface area (TPSA) is 149 Å². The van der Waals surface area contributed by atoms with Crippen LogP contribution in [0.25, 0.3) is 0 Å². The Labute approximate surface area is 179 Å². The van der Waals surface area contributed by atoms with Crippen LogP contribution in [0.3, 0.4) is 0 Å². The first-order valence-electron chi connectivity index (χ1n) is 9.81. The summed E-state index contributed by atoms with van der Waals surface area (Å²) in [5.74, 6) is -2.75. The first-order valence-corrected chi connectivity index (χ1v) is 11.6. The van der Waals surface area contributed by atoms with E-state index < -0.39 is 43.0 Å². The highest BCUT2D eigenvalue weighted by Gasteiger charge is 2.67. The summed E-state index contributed by atoms with van der Waals surface area (Å²) < 4.78 is 32.2. The number of esters is 1. The molecule has 12 heteroatoms. The summed E-state index contributed by atoms with van der Waals surface area (Å²) in [6.07, 6.45) is 2.49. The molecule has 31 heavy (non-hydrogen) atoms. The molecule has 2 N–H and O–H groups in total. The van der Waals surface area contributed by atoms with E-state index >= 15 is 0 Å². The third-order valence-electron chi connectivity index (χ3n) is 5.38. The van der Waals surface area contributed by atoms with E-state index in [1.807, 2.05) is 0 Å². The molecular formula is C19H26NO10P. The predicted molar refractivity (Wildman–Crippen MR) is 105 cm³/mol. The van der Waals surface area contributed by atoms with Gasteiger partial charge >= 0.3 is 13.6 Å². The molecule has 2 bridgehead atoms. The molecule has 0 radical (unpaired) electrons. The molecule has 0 aromatic heterocycles. The van der Waals surface area contributed by atoms with Gasteiger partial charge in [-0.3, -0.25) is 19.1 Å². The fourth-order valence-electron chi connectivity index (χ4n) is 3.91. The van der Waals surface area contributed by atoms with E-state index in [9.17, 15) is 18.9 Å². The van der Waals surface area contributed by atoms with Crippen molar-refractivity contribution in [2.24, 2.45) is 11.8 Å². The SMILES string of the molecule is C=C(C)C(=O)OCC12C=CC(O1)C1C(=O)N(CCOCCOCCP(=O)(O)O)C(=O)C12. The van der Waals surface area contributed by atoms with Crippen LogP contribution in [0, 0.1) is 11.8 Å². The molecule has 3 aliphatic rings. The van der Waals surface area contributed by atoms with Gasteiger partial charge in [-0.15, -0.1) is 0 Å². The zero-order chi connectivity index (χ0) is 22.8. The smallest absolute Gasteiger partial charge is 0.333 e. The van der Waals surface area contributed by atoms with Gasteiger partial charge in [0.15, 0.2) is 0 Å². The van der Waals surface area contributed by atoms with E-state index in [0.717, 1.165) is 4.90 Å². The molecule has 2 fully saturated rings. The van der Waals surface area contributed by atoms with Gasteiger partial charge in [-0.2, -0.15) is 0 Å². The van der Waals surface area contributed by atoms with Gasteiger partial charge in [0.2, 0.25) is 11.8 Å². The Bertz CT molecular complexity index is 836. The lowest BCUT2D eigenvalue weighted by atomic mass is 9.77. The van der Waals surface area contributed by atoms with Gasteiger partial charge in [0.1, 0.15) is 12.2 Å². The molecule has 4 unspecified atom stereocenters. The van der Waals surface area contributed by atoms with E-state index in [4.69, 9.17) is 28.7 Å². The van der Waals surface area contributed by atoms with Crippen LogP contribution in [0.2, 0.25) is 0 Å². The Morgan fingerprint density at radius 3 is 2.55 bits per heavy atom. The van der Waals surface area contributed by atoms with Gasteiger partial charge in [-0.05, 0) is 13.0 Å². The normalized spacial score (nSPS) is 29.0. The van der Waals surface area contributed by atoms with Crippen molar-refractivity contribution in [1.82, 2.24) is 4.90 Å². The van der Waals surface area contributed by atoms with Crippen LogP contribution in [-0.2, 0) is 37.9 Å². The van der Waals surface area contributed by atoms with Crippen molar-refractivity contribution in [3.63, 3.8) is 0 Å². The molecule has 3 rings (SSSR count). The summed E-state index contributed by atoms with van der Waals surface area (Å²) in [6, 6.07) is 0. The van der Waals surface area contributed by atoms with Crippen LogP contribution < -0.4 is 0 Å². The van der Waals surface area contributed by atoms with E-state index in [-0.39, 0.29) is 57.2 Å². The molecule has 0 aliphatic carbocycles. The minimum absolute atomic E-state index is 0.0570. The Morgan fingerprint density at radius 2 is 1.90 bits per heavy atom. The lowest BCUT2D eigenvalue weighted by Crippen LogP contribution is -2.45. The summed E-state index contributed by atoms with van der Waals surface area (Å²) in [6.45, 7) is 5.20. The standard InChI is InChI=1S/C19H26NO10P/c1-12(2)18(23)29-11-19-4-3-13(30-19)14-15(19)17(22)20(16(14)21)5-6-27-7-8-28-9-10-31(24,25)26/h3-4,13-15H,1,5-11H2,2H3,(H2,24,25,26). The Kier molecular flexibility index (Phi) is 7.14. The molecular weight excluding hydrogens is 433 g/mol. The average molecular weight is 459 g/mol. The summed E-state index contributed by atoms with van der Waals surface area (Å²) in [5, 5.41) is 0. The summed E-state index contributed by atoms with van der Waals surface area (Å²) >= 11 is 0. The second-order valence-corrected chi connectivity index (χ2v) is 9.47. The van der Waals surface area contributed by atoms with Gasteiger partial charge in [-0.25, -0.2) is 4.79 Å². The number of likely N-dealkylation sites (tertiary alicyclic amines) is 1. The minimum Gasteiger partial charge on any atom is -0.459 e. The lowest BCUT2D eigenvalue weighted by Gasteiger charge is -2.28. The van der Waals surface area contributed by atoms with Crippen molar-refractivity contribution in [2.45, 2.75) is 18.6 Å². The van der Waals surface area contributed by atoms with Gasteiger partial charge in [0.05, 0.1) is 57.1 Å². The first kappa shape index (κ1) is 23.8. The molecule has 172 valence electrons. The maximum Gasteiger partial charge on any atom is 0.333 e. The highest BCUT2D eigenvalue weighted by atomic mass is 31.2. The monoisotopic (exact) mass is 459 g/mol. The van der Waals surface area contributed by atoms with Gasteiger partial charge < -0.3 is 28.7 Å². The fraction of sp³-hybridized carbons (Fsp3) is 0.632. The molecule has 3 aliphatic heterocycles. The second-order valence-electron chi connectivity index (χ2n) is 7.70. The molecule has 0 aromatic carbocycles. The number of imide groups is 1. The first-order chi connectivity index (χ1) is 14.6. The number of hydrogen-bond acceptors (Lipinski definition) is 8. The van der Waals surface area contributed by atoms with E-state index in [0.29, 0.717) is 0 Å². The second kappa shape index (κ2) is 9.32. The molecule has 0 aromatic rings. The third-order valence-corrected chi connectivity index (χ3v) is 6.15. The highest BCUT2D eigenvalue weighted by molar-refractivity contribution is 7.51. The number of ether oxygens (including phenoxy) is 4. The van der Waals surface area contributed by atoms with Crippen molar-refractivity contribution in [1.29, 1.82) is 0 Å². The zero-order valence-corrected chi connectivity index (χ0v) is 18.0. The van der Waals surface area contributed by atoms with Crippen LogP contribution in [0.4, 0.5) is 0 Å². The number of carbonyl (C=O) groups is 3. The Morgan fingerprint density at radius 1 is 1.23 bits per heavy atom. The highest BCUT2D eigenvalue weighted by Crippen LogP contribution is 2.51. The molecule has 0 saturated carbocycles. The summed E-state index contributed by atoms with van der Waals surface area (Å²) in [7, 11) is -4.09. The van der Waals surface area contributed by atoms with Crippen LogP contribution >= 0.6 is 7.60 Å². The lowest BCUT2D eigenvalue weighted by molar-refractivity contribution is -0.153. The summed E-state index contributed by atoms with van der Waals surface area (Å²) in [5.41, 5.74) is -0.932. The van der Waals surface area contributed by atoms with Gasteiger partial charge in [0, 0.05) is 5.57 Å². The van der Waals surface area contributed by atoms with Crippen molar-refractivity contribution in [3.05, 3.63) is 24.3 Å². The number of fused-ring (bicyclic) bond motifs is 5. The van der Waals surface area contributed by atoms with Crippen LogP contribution in [-0.4, -0.2) is 89.9 Å². The third kappa shape index (κ3) is 5.14. The molecule has 0 spiro atoms. The van der Waals surface area contributed by atoms with Crippen LogP contribution in [0.15, 0.2) is 24.3 Å². The number of nitrogens with zero attached hydrogens (tertiary/aromatic N) is 1. The van der Waals surface area contributed by atoms with E-state index in [2.05, 4.69) is 6.58 Å². The number of rotatable bonds is 12. The maximum absolute atomic E-state index is 12.9. The number of amides is 2. The van der Waals surface area contributed by atoms with Crippen molar-refractivity contribution < 1.29 is 47.7 Å². The predicted octanol–water partition coefficient (Wildman–Crippen LogP) is -0.375. The average Bonchev–Trinajstić information content (AvgIpc) is 3.33. The zero-order valence-electron chi connectivity index (χ0n) is 17.1. The van der Waals surface area contributed by atoms with Gasteiger partial charge in [0.25, 0.3) is 0 Å². The fourth-order valence-corrected chi connectivity index (χ4v) is 4.28. The van der Waals surface area contributed by atoms with E-state index in [1.54, 1.807) is 12.2 Å². The minimum atomic E-state index is -4.09. The molecule has 3 heterocycles. The quantitative estimate of drug-likeness (QED) is 0.0988. The number of carbonyl (C=O) groups excluding carboxylic acids is 3. The Hall–Kier alpha value is -1.88. The molecule has 2 amide bonds. The van der Waals surface area contributed by atoms with Crippen molar-refractivity contribution in [2.75, 3.05) is 45.7 Å². The molecule has 2 saturated heterocycles. The largest absolute Gasteiger partial charge is 0.459 e. The maximum atomic E-state index is 12.9. The molecule has 11 nitrogen and oxygen atoms in total. The van der Waals surface area contributed by atoms with Crippen molar-refractivity contribution in [3.8, 4) is 0 Å². The van der Waals surface area contributed by atoms with Crippen LogP contribution in [0.1, 0.15) is 6.92 Å². The number of hydrogen-bond donors (Lipinski definition) is 2. The Balaban J connectivity index is 1.47. The molecule has 4 atom stereocenters. The summed E-state index contributed by atoms with van der Waals surface area (Å²) in [4.78, 5) is 56.1.